The van der Waals surface area contributed by atoms with Gasteiger partial charge in [-0.3, -0.25) is 9.69 Å². The van der Waals surface area contributed by atoms with Gasteiger partial charge in [-0.15, -0.1) is 0 Å². The zero-order valence-corrected chi connectivity index (χ0v) is 13.6. The monoisotopic (exact) mass is 311 g/mol. The molecule has 2 fully saturated rings. The Morgan fingerprint density at radius 1 is 1.17 bits per heavy atom. The summed E-state index contributed by atoms with van der Waals surface area (Å²) in [4.78, 5) is 14.9. The van der Waals surface area contributed by atoms with Crippen molar-refractivity contribution in [3.05, 3.63) is 35.4 Å². The molecule has 0 bridgehead atoms. The molecule has 1 heterocycles. The Hall–Kier alpha value is -1.86. The zero-order valence-electron chi connectivity index (χ0n) is 13.6. The maximum absolute atomic E-state index is 12.4. The molecule has 4 nitrogen and oxygen atoms in total. The Bertz CT molecular complexity index is 593. The molecule has 2 aliphatic rings. The van der Waals surface area contributed by atoms with Crippen LogP contribution >= 0.6 is 0 Å². The van der Waals surface area contributed by atoms with Crippen LogP contribution in [-0.2, 0) is 11.3 Å². The summed E-state index contributed by atoms with van der Waals surface area (Å²) in [5, 5.41) is 12.4. The number of hydrogen-bond acceptors (Lipinski definition) is 3. The number of nitriles is 1. The molecule has 1 aliphatic heterocycles. The number of nitrogens with one attached hydrogen (secondary N) is 1. The minimum Gasteiger partial charge on any atom is -0.356 e. The molecular formula is C19H25N3O. The molecule has 122 valence electrons. The summed E-state index contributed by atoms with van der Waals surface area (Å²) in [6.45, 7) is 2.62. The first-order valence-corrected chi connectivity index (χ1v) is 8.79. The molecule has 1 aliphatic carbocycles. The number of carbonyl (C=O) groups is 1. The van der Waals surface area contributed by atoms with E-state index in [2.05, 4.69) is 16.3 Å². The fraction of sp³-hybridized carbons (Fsp3) is 0.579. The van der Waals surface area contributed by atoms with E-state index < -0.39 is 0 Å². The maximum atomic E-state index is 12.4. The Balaban J connectivity index is 1.81. The fourth-order valence-electron chi connectivity index (χ4n) is 3.99. The van der Waals surface area contributed by atoms with Gasteiger partial charge < -0.3 is 5.32 Å². The number of rotatable bonds is 2. The van der Waals surface area contributed by atoms with Crippen molar-refractivity contribution in [2.45, 2.75) is 51.1 Å². The molecule has 1 amide bonds. The lowest BCUT2D eigenvalue weighted by Gasteiger charge is -2.33. The first-order valence-electron chi connectivity index (χ1n) is 8.79. The molecule has 4 heteroatoms. The Labute approximate surface area is 138 Å². The highest BCUT2D eigenvalue weighted by Crippen LogP contribution is 2.32. The number of amides is 1. The van der Waals surface area contributed by atoms with Crippen molar-refractivity contribution in [2.75, 3.05) is 13.1 Å². The van der Waals surface area contributed by atoms with Crippen molar-refractivity contribution in [3.8, 4) is 6.07 Å². The summed E-state index contributed by atoms with van der Waals surface area (Å²) in [5.74, 6) is 0.343. The van der Waals surface area contributed by atoms with E-state index in [9.17, 15) is 10.1 Å². The molecule has 2 atom stereocenters. The van der Waals surface area contributed by atoms with Crippen LogP contribution in [0.25, 0.3) is 0 Å². The smallest absolute Gasteiger partial charge is 0.224 e. The van der Waals surface area contributed by atoms with E-state index in [-0.39, 0.29) is 11.8 Å². The van der Waals surface area contributed by atoms with Crippen LogP contribution in [0.3, 0.4) is 0 Å². The average Bonchev–Trinajstić information content (AvgIpc) is 3.06. The Morgan fingerprint density at radius 2 is 2.04 bits per heavy atom. The van der Waals surface area contributed by atoms with Gasteiger partial charge in [-0.2, -0.15) is 5.26 Å². The van der Waals surface area contributed by atoms with Crippen molar-refractivity contribution in [3.63, 3.8) is 0 Å². The van der Waals surface area contributed by atoms with Gasteiger partial charge >= 0.3 is 0 Å². The third kappa shape index (κ3) is 3.73. The van der Waals surface area contributed by atoms with Crippen LogP contribution in [0.15, 0.2) is 24.3 Å². The summed E-state index contributed by atoms with van der Waals surface area (Å²) in [5.41, 5.74) is 1.83. The third-order valence-electron chi connectivity index (χ3n) is 5.22. The highest BCUT2D eigenvalue weighted by molar-refractivity contribution is 5.79. The second-order valence-electron chi connectivity index (χ2n) is 6.70. The predicted molar refractivity (Wildman–Crippen MR) is 89.6 cm³/mol. The van der Waals surface area contributed by atoms with Gasteiger partial charge in [0.15, 0.2) is 0 Å². The summed E-state index contributed by atoms with van der Waals surface area (Å²) >= 11 is 0. The minimum atomic E-state index is 0.113. The molecule has 1 N–H and O–H groups in total. The standard InChI is InChI=1S/C19H25N3O/c20-13-15-7-2-3-8-16(15)14-22-12-5-1-4-11-21-19(23)17-9-6-10-18(17)22/h2-3,7-8,17-18H,1,4-6,9-12,14H2,(H,21,23)/t17-,18+/m1/s1. The first-order chi connectivity index (χ1) is 11.3. The molecule has 0 spiro atoms. The van der Waals surface area contributed by atoms with E-state index in [0.717, 1.165) is 69.3 Å². The van der Waals surface area contributed by atoms with Crippen LogP contribution in [-0.4, -0.2) is 29.9 Å². The number of hydrogen-bond donors (Lipinski definition) is 1. The lowest BCUT2D eigenvalue weighted by atomic mass is 9.98. The molecule has 1 aromatic rings. The van der Waals surface area contributed by atoms with Gasteiger partial charge in [0.1, 0.15) is 0 Å². The normalized spacial score (nSPS) is 26.1. The van der Waals surface area contributed by atoms with Crippen LogP contribution in [0.1, 0.15) is 49.7 Å². The van der Waals surface area contributed by atoms with Gasteiger partial charge in [-0.05, 0) is 43.9 Å². The maximum Gasteiger partial charge on any atom is 0.224 e. The van der Waals surface area contributed by atoms with Crippen molar-refractivity contribution < 1.29 is 4.79 Å². The summed E-state index contributed by atoms with van der Waals surface area (Å²) in [6.07, 6.45) is 6.58. The highest BCUT2D eigenvalue weighted by Gasteiger charge is 2.36. The molecule has 23 heavy (non-hydrogen) atoms. The third-order valence-corrected chi connectivity index (χ3v) is 5.22. The topological polar surface area (TPSA) is 56.1 Å². The molecule has 0 radical (unpaired) electrons. The Kier molecular flexibility index (Phi) is 5.30. The van der Waals surface area contributed by atoms with Crippen molar-refractivity contribution in [1.82, 2.24) is 10.2 Å². The van der Waals surface area contributed by atoms with Crippen LogP contribution in [0, 0.1) is 17.2 Å². The van der Waals surface area contributed by atoms with Crippen LogP contribution < -0.4 is 5.32 Å². The molecule has 1 saturated heterocycles. The fourth-order valence-corrected chi connectivity index (χ4v) is 3.99. The van der Waals surface area contributed by atoms with E-state index in [1.807, 2.05) is 24.3 Å². The molecule has 1 aromatic carbocycles. The van der Waals surface area contributed by atoms with Crippen LogP contribution in [0.4, 0.5) is 0 Å². The van der Waals surface area contributed by atoms with Crippen molar-refractivity contribution in [1.29, 1.82) is 5.26 Å². The van der Waals surface area contributed by atoms with Gasteiger partial charge in [-0.1, -0.05) is 31.0 Å². The van der Waals surface area contributed by atoms with Crippen molar-refractivity contribution >= 4 is 5.91 Å². The second kappa shape index (κ2) is 7.61. The SMILES string of the molecule is N#Cc1ccccc1CN1CCCCCNC(=O)[C@@H]2CCC[C@@H]21. The van der Waals surface area contributed by atoms with Gasteiger partial charge in [0, 0.05) is 19.1 Å². The van der Waals surface area contributed by atoms with E-state index in [1.54, 1.807) is 0 Å². The van der Waals surface area contributed by atoms with Crippen LogP contribution in [0.2, 0.25) is 0 Å². The van der Waals surface area contributed by atoms with Crippen LogP contribution in [0.5, 0.6) is 0 Å². The van der Waals surface area contributed by atoms with Gasteiger partial charge in [0.05, 0.1) is 17.6 Å². The quantitative estimate of drug-likeness (QED) is 0.913. The van der Waals surface area contributed by atoms with Crippen molar-refractivity contribution in [2.24, 2.45) is 5.92 Å². The lowest BCUT2D eigenvalue weighted by molar-refractivity contribution is -0.126. The average molecular weight is 311 g/mol. The van der Waals surface area contributed by atoms with Gasteiger partial charge in [0.2, 0.25) is 5.91 Å². The van der Waals surface area contributed by atoms with Gasteiger partial charge in [0.25, 0.3) is 0 Å². The first kappa shape index (κ1) is 16.0. The number of fused-ring (bicyclic) bond motifs is 1. The van der Waals surface area contributed by atoms with Gasteiger partial charge in [-0.25, -0.2) is 0 Å². The second-order valence-corrected chi connectivity index (χ2v) is 6.70. The molecule has 3 rings (SSSR count). The number of benzene rings is 1. The molecular weight excluding hydrogens is 286 g/mol. The van der Waals surface area contributed by atoms with E-state index >= 15 is 0 Å². The molecule has 1 saturated carbocycles. The molecule has 0 unspecified atom stereocenters. The minimum absolute atomic E-state index is 0.113. The molecule has 0 aromatic heterocycles. The highest BCUT2D eigenvalue weighted by atomic mass is 16.1. The number of carbonyl (C=O) groups excluding carboxylic acids is 1. The zero-order chi connectivity index (χ0) is 16.1. The predicted octanol–water partition coefficient (Wildman–Crippen LogP) is 2.83. The van der Waals surface area contributed by atoms with E-state index in [0.29, 0.717) is 6.04 Å². The largest absolute Gasteiger partial charge is 0.356 e. The van der Waals surface area contributed by atoms with E-state index in [1.165, 1.54) is 0 Å². The Morgan fingerprint density at radius 3 is 2.91 bits per heavy atom. The summed E-state index contributed by atoms with van der Waals surface area (Å²) in [7, 11) is 0. The summed E-state index contributed by atoms with van der Waals surface area (Å²) in [6, 6.07) is 10.5. The number of nitrogens with zero attached hydrogens (tertiary/aromatic N) is 2. The lowest BCUT2D eigenvalue weighted by Crippen LogP contribution is -2.45. The van der Waals surface area contributed by atoms with E-state index in [4.69, 9.17) is 0 Å². The summed E-state index contributed by atoms with van der Waals surface area (Å²) < 4.78 is 0.